The van der Waals surface area contributed by atoms with Gasteiger partial charge in [-0.1, -0.05) is 11.3 Å². The van der Waals surface area contributed by atoms with Crippen molar-refractivity contribution >= 4 is 16.5 Å². The van der Waals surface area contributed by atoms with Crippen LogP contribution in [0.25, 0.3) is 0 Å². The highest BCUT2D eigenvalue weighted by molar-refractivity contribution is 7.13. The van der Waals surface area contributed by atoms with Crippen molar-refractivity contribution in [1.82, 2.24) is 15.2 Å². The van der Waals surface area contributed by atoms with Crippen LogP contribution in [0, 0.1) is 6.92 Å². The highest BCUT2D eigenvalue weighted by atomic mass is 32.1. The largest absolute Gasteiger partial charge is 0.497 e. The number of pyridine rings is 1. The van der Waals surface area contributed by atoms with E-state index in [0.29, 0.717) is 6.54 Å². The van der Waals surface area contributed by atoms with Crippen LogP contribution in [0.15, 0.2) is 17.6 Å². The molecular weight excluding hydrogens is 224 g/mol. The van der Waals surface area contributed by atoms with E-state index < -0.39 is 0 Å². The molecule has 0 spiro atoms. The summed E-state index contributed by atoms with van der Waals surface area (Å²) in [7, 11) is 1.65. The Bertz CT molecular complexity index is 458. The van der Waals surface area contributed by atoms with Gasteiger partial charge < -0.3 is 10.1 Å². The number of aryl methyl sites for hydroxylation is 1. The Morgan fingerprint density at radius 2 is 2.31 bits per heavy atom. The molecule has 6 heteroatoms. The third-order valence-corrected chi connectivity index (χ3v) is 2.65. The van der Waals surface area contributed by atoms with Gasteiger partial charge in [0.25, 0.3) is 0 Å². The van der Waals surface area contributed by atoms with E-state index in [-0.39, 0.29) is 0 Å². The average Bonchev–Trinajstić information content (AvgIpc) is 2.78. The number of nitrogens with zero attached hydrogens (tertiary/aromatic N) is 3. The molecule has 0 unspecified atom stereocenters. The first-order chi connectivity index (χ1) is 7.78. The maximum atomic E-state index is 5.18. The summed E-state index contributed by atoms with van der Waals surface area (Å²) in [5.74, 6) is 0.821. The summed E-state index contributed by atoms with van der Waals surface area (Å²) >= 11 is 1.46. The topological polar surface area (TPSA) is 59.9 Å². The molecule has 0 bridgehead atoms. The lowest BCUT2D eigenvalue weighted by Gasteiger charge is -2.06. The van der Waals surface area contributed by atoms with E-state index in [1.807, 2.05) is 19.1 Å². The van der Waals surface area contributed by atoms with Crippen molar-refractivity contribution in [1.29, 1.82) is 0 Å². The van der Waals surface area contributed by atoms with Crippen LogP contribution in [0.3, 0.4) is 0 Å². The Morgan fingerprint density at radius 1 is 1.44 bits per heavy atom. The van der Waals surface area contributed by atoms with Gasteiger partial charge in [-0.25, -0.2) is 0 Å². The number of anilines is 1. The molecule has 0 aromatic carbocycles. The maximum Gasteiger partial charge on any atom is 0.205 e. The van der Waals surface area contributed by atoms with Crippen LogP contribution in [-0.4, -0.2) is 22.3 Å². The van der Waals surface area contributed by atoms with Gasteiger partial charge in [0.2, 0.25) is 5.13 Å². The Hall–Kier alpha value is -1.69. The van der Waals surface area contributed by atoms with Crippen LogP contribution >= 0.6 is 11.3 Å². The molecule has 0 amide bonds. The van der Waals surface area contributed by atoms with E-state index >= 15 is 0 Å². The van der Waals surface area contributed by atoms with Gasteiger partial charge in [-0.3, -0.25) is 4.98 Å². The first-order valence-corrected chi connectivity index (χ1v) is 5.67. The Morgan fingerprint density at radius 3 is 3.00 bits per heavy atom. The van der Waals surface area contributed by atoms with Crippen LogP contribution in [0.1, 0.15) is 11.4 Å². The zero-order valence-corrected chi connectivity index (χ0v) is 9.91. The molecule has 2 aromatic rings. The Balaban J connectivity index is 2.06. The molecule has 0 aliphatic rings. The molecule has 0 atom stereocenters. The fourth-order valence-corrected chi connectivity index (χ4v) is 1.77. The van der Waals surface area contributed by atoms with Crippen LogP contribution < -0.4 is 10.1 Å². The first-order valence-electron chi connectivity index (χ1n) is 4.79. The number of nitrogens with one attached hydrogen (secondary N) is 1. The molecule has 84 valence electrons. The lowest BCUT2D eigenvalue weighted by Crippen LogP contribution is -2.03. The van der Waals surface area contributed by atoms with Gasteiger partial charge in [0, 0.05) is 17.8 Å². The number of hydrogen-bond donors (Lipinski definition) is 1. The zero-order chi connectivity index (χ0) is 11.4. The second kappa shape index (κ2) is 4.89. The lowest BCUT2D eigenvalue weighted by atomic mass is 10.3. The van der Waals surface area contributed by atoms with Crippen LogP contribution in [-0.2, 0) is 6.54 Å². The fourth-order valence-electron chi connectivity index (χ4n) is 1.33. The Labute approximate surface area is 97.5 Å². The van der Waals surface area contributed by atoms with Crippen molar-refractivity contribution in [2.24, 2.45) is 0 Å². The van der Waals surface area contributed by atoms with Crippen molar-refractivity contribution in [2.75, 3.05) is 12.4 Å². The number of hydrogen-bond acceptors (Lipinski definition) is 6. The predicted molar refractivity (Wildman–Crippen MR) is 62.8 cm³/mol. The number of aromatic nitrogens is 3. The van der Waals surface area contributed by atoms with Crippen molar-refractivity contribution in [3.8, 4) is 5.75 Å². The van der Waals surface area contributed by atoms with Gasteiger partial charge in [0.1, 0.15) is 11.3 Å². The van der Waals surface area contributed by atoms with E-state index in [1.54, 1.807) is 12.6 Å². The minimum Gasteiger partial charge on any atom is -0.497 e. The number of rotatable bonds is 4. The monoisotopic (exact) mass is 236 g/mol. The molecule has 2 heterocycles. The average molecular weight is 236 g/mol. The minimum atomic E-state index is 0.618. The first kappa shape index (κ1) is 10.8. The molecule has 16 heavy (non-hydrogen) atoms. The quantitative estimate of drug-likeness (QED) is 0.878. The van der Waals surface area contributed by atoms with E-state index in [2.05, 4.69) is 20.5 Å². The second-order valence-corrected chi connectivity index (χ2v) is 4.07. The zero-order valence-electron chi connectivity index (χ0n) is 9.10. The molecule has 2 aromatic heterocycles. The normalized spacial score (nSPS) is 10.1. The SMILES string of the molecule is COc1cc(C)nc(CNc2nncs2)c1. The Kier molecular flexibility index (Phi) is 3.31. The lowest BCUT2D eigenvalue weighted by molar-refractivity contribution is 0.413. The molecule has 0 fully saturated rings. The molecule has 0 aliphatic heterocycles. The van der Waals surface area contributed by atoms with Gasteiger partial charge in [-0.2, -0.15) is 0 Å². The summed E-state index contributed by atoms with van der Waals surface area (Å²) in [4.78, 5) is 4.40. The van der Waals surface area contributed by atoms with Crippen molar-refractivity contribution in [3.63, 3.8) is 0 Å². The highest BCUT2D eigenvalue weighted by Crippen LogP contribution is 2.15. The third-order valence-electron chi connectivity index (χ3n) is 2.00. The summed E-state index contributed by atoms with van der Waals surface area (Å²) in [6, 6.07) is 3.80. The maximum absolute atomic E-state index is 5.18. The second-order valence-electron chi connectivity index (χ2n) is 3.24. The minimum absolute atomic E-state index is 0.618. The molecule has 1 N–H and O–H groups in total. The van der Waals surface area contributed by atoms with Crippen molar-refractivity contribution in [3.05, 3.63) is 29.0 Å². The molecule has 0 radical (unpaired) electrons. The summed E-state index contributed by atoms with van der Waals surface area (Å²) < 4.78 is 5.18. The van der Waals surface area contributed by atoms with Crippen molar-refractivity contribution in [2.45, 2.75) is 13.5 Å². The van der Waals surface area contributed by atoms with Gasteiger partial charge in [-0.05, 0) is 6.92 Å². The number of methoxy groups -OCH3 is 1. The van der Waals surface area contributed by atoms with E-state index in [4.69, 9.17) is 4.74 Å². The van der Waals surface area contributed by atoms with Crippen LogP contribution in [0.4, 0.5) is 5.13 Å². The van der Waals surface area contributed by atoms with Gasteiger partial charge in [0.15, 0.2) is 0 Å². The van der Waals surface area contributed by atoms with Gasteiger partial charge in [0.05, 0.1) is 19.3 Å². The van der Waals surface area contributed by atoms with Crippen LogP contribution in [0.5, 0.6) is 5.75 Å². The molecular formula is C10H12N4OS. The van der Waals surface area contributed by atoms with Crippen molar-refractivity contribution < 1.29 is 4.74 Å². The van der Waals surface area contributed by atoms with E-state index in [0.717, 1.165) is 22.3 Å². The molecule has 0 saturated heterocycles. The summed E-state index contributed by atoms with van der Waals surface area (Å²) in [5, 5.41) is 11.6. The van der Waals surface area contributed by atoms with Gasteiger partial charge >= 0.3 is 0 Å². The molecule has 0 aliphatic carbocycles. The standard InChI is InChI=1S/C10H12N4OS/c1-7-3-9(15-2)4-8(13-7)5-11-10-14-12-6-16-10/h3-4,6H,5H2,1-2H3,(H,11,14). The number of ether oxygens (including phenoxy) is 1. The summed E-state index contributed by atoms with van der Waals surface area (Å²) in [5.41, 5.74) is 3.55. The van der Waals surface area contributed by atoms with E-state index in [9.17, 15) is 0 Å². The fraction of sp³-hybridized carbons (Fsp3) is 0.300. The summed E-state index contributed by atoms with van der Waals surface area (Å²) in [6.45, 7) is 2.56. The predicted octanol–water partition coefficient (Wildman–Crippen LogP) is 1.86. The smallest absolute Gasteiger partial charge is 0.205 e. The van der Waals surface area contributed by atoms with Gasteiger partial charge in [-0.15, -0.1) is 10.2 Å². The molecule has 2 rings (SSSR count). The highest BCUT2D eigenvalue weighted by Gasteiger charge is 2.01. The van der Waals surface area contributed by atoms with E-state index in [1.165, 1.54) is 11.3 Å². The third kappa shape index (κ3) is 2.66. The molecule has 0 saturated carbocycles. The molecule has 5 nitrogen and oxygen atoms in total. The van der Waals surface area contributed by atoms with Crippen LogP contribution in [0.2, 0.25) is 0 Å². The summed E-state index contributed by atoms with van der Waals surface area (Å²) in [6.07, 6.45) is 0.